The summed E-state index contributed by atoms with van der Waals surface area (Å²) in [4.78, 5) is 24.7. The number of hydrogen-bond donors (Lipinski definition) is 1. The van der Waals surface area contributed by atoms with E-state index in [0.717, 1.165) is 17.5 Å². The van der Waals surface area contributed by atoms with E-state index in [4.69, 9.17) is 0 Å². The van der Waals surface area contributed by atoms with Crippen LogP contribution in [0.15, 0.2) is 48.5 Å². The average Bonchev–Trinajstić information content (AvgIpc) is 3.15. The summed E-state index contributed by atoms with van der Waals surface area (Å²) in [6.45, 7) is 4.02. The fourth-order valence-electron chi connectivity index (χ4n) is 2.57. The van der Waals surface area contributed by atoms with Gasteiger partial charge in [-0.2, -0.15) is 4.80 Å². The van der Waals surface area contributed by atoms with Gasteiger partial charge in [0, 0.05) is 24.6 Å². The van der Waals surface area contributed by atoms with E-state index in [9.17, 15) is 9.59 Å². The van der Waals surface area contributed by atoms with Gasteiger partial charge < -0.3 is 5.32 Å². The van der Waals surface area contributed by atoms with Crippen LogP contribution in [-0.4, -0.2) is 31.9 Å². The second-order valence-electron chi connectivity index (χ2n) is 6.22. The Labute approximate surface area is 157 Å². The molecular formula is C20H21N5O2. The summed E-state index contributed by atoms with van der Waals surface area (Å²) in [6.07, 6.45) is 0.971. The third kappa shape index (κ3) is 4.84. The van der Waals surface area contributed by atoms with Crippen molar-refractivity contribution >= 4 is 11.7 Å². The predicted molar refractivity (Wildman–Crippen MR) is 101 cm³/mol. The van der Waals surface area contributed by atoms with E-state index in [2.05, 4.69) is 27.7 Å². The third-order valence-electron chi connectivity index (χ3n) is 4.18. The fraction of sp³-hybridized carbons (Fsp3) is 0.250. The molecular weight excluding hydrogens is 342 g/mol. The van der Waals surface area contributed by atoms with Crippen LogP contribution in [0.4, 0.5) is 0 Å². The first-order chi connectivity index (χ1) is 13.0. The van der Waals surface area contributed by atoms with Gasteiger partial charge in [-0.05, 0) is 22.8 Å². The van der Waals surface area contributed by atoms with Crippen LogP contribution in [0.25, 0.3) is 11.4 Å². The van der Waals surface area contributed by atoms with Gasteiger partial charge in [0.25, 0.3) is 0 Å². The lowest BCUT2D eigenvalue weighted by atomic mass is 10.1. The number of ketones is 1. The molecule has 0 aliphatic carbocycles. The van der Waals surface area contributed by atoms with Crippen molar-refractivity contribution in [3.05, 3.63) is 65.2 Å². The smallest absolute Gasteiger partial charge is 0.217 e. The summed E-state index contributed by atoms with van der Waals surface area (Å²) in [7, 11) is 0. The number of amides is 1. The summed E-state index contributed by atoms with van der Waals surface area (Å²) >= 11 is 0. The Balaban J connectivity index is 1.64. The molecule has 7 heteroatoms. The quantitative estimate of drug-likeness (QED) is 0.651. The summed E-state index contributed by atoms with van der Waals surface area (Å²) < 4.78 is 0. The van der Waals surface area contributed by atoms with Gasteiger partial charge in [0.15, 0.2) is 5.78 Å². The van der Waals surface area contributed by atoms with Gasteiger partial charge in [-0.3, -0.25) is 9.59 Å². The molecule has 1 amide bonds. The molecule has 0 spiro atoms. The number of aryl methyl sites for hydroxylation is 1. The number of tetrazole rings is 1. The molecule has 0 radical (unpaired) electrons. The first-order valence-corrected chi connectivity index (χ1v) is 8.79. The normalized spacial score (nSPS) is 10.6. The highest BCUT2D eigenvalue weighted by molar-refractivity contribution is 5.95. The molecule has 2 aromatic carbocycles. The molecule has 1 heterocycles. The Morgan fingerprint density at radius 1 is 1.00 bits per heavy atom. The molecule has 0 bridgehead atoms. The summed E-state index contributed by atoms with van der Waals surface area (Å²) in [5.41, 5.74) is 3.60. The number of hydrogen-bond acceptors (Lipinski definition) is 5. The number of nitrogens with one attached hydrogen (secondary N) is 1. The second kappa shape index (κ2) is 8.35. The zero-order valence-electron chi connectivity index (χ0n) is 15.3. The molecule has 0 aliphatic rings. The number of aromatic nitrogens is 4. The van der Waals surface area contributed by atoms with Gasteiger partial charge >= 0.3 is 0 Å². The molecule has 1 N–H and O–H groups in total. The van der Waals surface area contributed by atoms with Crippen LogP contribution in [0, 0.1) is 0 Å². The van der Waals surface area contributed by atoms with Crippen molar-refractivity contribution in [3.8, 4) is 11.4 Å². The van der Waals surface area contributed by atoms with Gasteiger partial charge in [0.1, 0.15) is 6.54 Å². The molecule has 0 aliphatic heterocycles. The topological polar surface area (TPSA) is 89.8 Å². The summed E-state index contributed by atoms with van der Waals surface area (Å²) in [5, 5.41) is 15.0. The van der Waals surface area contributed by atoms with E-state index in [1.807, 2.05) is 36.4 Å². The van der Waals surface area contributed by atoms with Crippen molar-refractivity contribution in [2.75, 3.05) is 0 Å². The van der Waals surface area contributed by atoms with Crippen molar-refractivity contribution in [1.29, 1.82) is 0 Å². The van der Waals surface area contributed by atoms with Gasteiger partial charge in [-0.25, -0.2) is 0 Å². The van der Waals surface area contributed by atoms with E-state index < -0.39 is 0 Å². The highest BCUT2D eigenvalue weighted by Crippen LogP contribution is 2.15. The molecule has 0 saturated heterocycles. The van der Waals surface area contributed by atoms with E-state index in [-0.39, 0.29) is 18.2 Å². The van der Waals surface area contributed by atoms with Crippen molar-refractivity contribution in [1.82, 2.24) is 25.5 Å². The minimum absolute atomic E-state index is 0.0189. The second-order valence-corrected chi connectivity index (χ2v) is 6.22. The monoisotopic (exact) mass is 363 g/mol. The predicted octanol–water partition coefficient (Wildman–Crippen LogP) is 2.42. The van der Waals surface area contributed by atoms with Gasteiger partial charge in [0.2, 0.25) is 11.7 Å². The number of carbonyl (C=O) groups excluding carboxylic acids is 2. The Bertz CT molecular complexity index is 930. The van der Waals surface area contributed by atoms with E-state index in [1.165, 1.54) is 17.3 Å². The maximum atomic E-state index is 12.4. The molecule has 27 heavy (non-hydrogen) atoms. The Kier molecular flexibility index (Phi) is 5.71. The molecule has 3 rings (SSSR count). The first-order valence-electron chi connectivity index (χ1n) is 8.79. The maximum Gasteiger partial charge on any atom is 0.217 e. The molecule has 0 unspecified atom stereocenters. The molecule has 7 nitrogen and oxygen atoms in total. The van der Waals surface area contributed by atoms with Crippen LogP contribution >= 0.6 is 0 Å². The van der Waals surface area contributed by atoms with Gasteiger partial charge in [-0.1, -0.05) is 55.5 Å². The zero-order chi connectivity index (χ0) is 19.2. The first kappa shape index (κ1) is 18.4. The number of benzene rings is 2. The highest BCUT2D eigenvalue weighted by Gasteiger charge is 2.11. The Morgan fingerprint density at radius 2 is 1.67 bits per heavy atom. The van der Waals surface area contributed by atoms with Crippen molar-refractivity contribution in [3.63, 3.8) is 0 Å². The van der Waals surface area contributed by atoms with Crippen LogP contribution in [0.5, 0.6) is 0 Å². The molecule has 138 valence electrons. The van der Waals surface area contributed by atoms with Gasteiger partial charge in [0.05, 0.1) is 0 Å². The Hall–Kier alpha value is -3.35. The summed E-state index contributed by atoms with van der Waals surface area (Å²) in [6, 6.07) is 15.1. The molecule has 0 fully saturated rings. The van der Waals surface area contributed by atoms with Crippen molar-refractivity contribution < 1.29 is 9.59 Å². The van der Waals surface area contributed by atoms with E-state index in [1.54, 1.807) is 12.1 Å². The number of nitrogens with zero attached hydrogens (tertiary/aromatic N) is 4. The third-order valence-corrected chi connectivity index (χ3v) is 4.18. The van der Waals surface area contributed by atoms with Crippen molar-refractivity contribution in [2.45, 2.75) is 33.4 Å². The fourth-order valence-corrected chi connectivity index (χ4v) is 2.57. The lowest BCUT2D eigenvalue weighted by Crippen LogP contribution is -2.19. The van der Waals surface area contributed by atoms with Crippen LogP contribution < -0.4 is 5.32 Å². The molecule has 0 saturated carbocycles. The average molecular weight is 363 g/mol. The Morgan fingerprint density at radius 3 is 2.30 bits per heavy atom. The molecule has 0 atom stereocenters. The lowest BCUT2D eigenvalue weighted by molar-refractivity contribution is -0.119. The minimum atomic E-state index is -0.105. The lowest BCUT2D eigenvalue weighted by Gasteiger charge is -2.04. The van der Waals surface area contributed by atoms with Gasteiger partial charge in [-0.15, -0.1) is 10.2 Å². The summed E-state index contributed by atoms with van der Waals surface area (Å²) in [5.74, 6) is 0.301. The molecule has 3 aromatic rings. The van der Waals surface area contributed by atoms with Crippen LogP contribution in [0.1, 0.15) is 35.3 Å². The maximum absolute atomic E-state index is 12.4. The zero-order valence-corrected chi connectivity index (χ0v) is 15.3. The number of rotatable bonds is 7. The highest BCUT2D eigenvalue weighted by atomic mass is 16.1. The van der Waals surface area contributed by atoms with E-state index in [0.29, 0.717) is 17.9 Å². The SMILES string of the molecule is CCc1ccc(-c2nnn(CC(=O)c3ccc(CNC(C)=O)cc3)n2)cc1. The van der Waals surface area contributed by atoms with Crippen LogP contribution in [0.2, 0.25) is 0 Å². The minimum Gasteiger partial charge on any atom is -0.352 e. The molecule has 1 aromatic heterocycles. The standard InChI is InChI=1S/C20H21N5O2/c1-3-15-4-10-18(11-5-15)20-22-24-25(23-20)13-19(27)17-8-6-16(7-9-17)12-21-14(2)26/h4-11H,3,12-13H2,1-2H3,(H,21,26). The number of Topliss-reactive ketones (excluding diaryl/α,β-unsaturated/α-hetero) is 1. The van der Waals surface area contributed by atoms with Crippen LogP contribution in [0.3, 0.4) is 0 Å². The largest absolute Gasteiger partial charge is 0.352 e. The van der Waals surface area contributed by atoms with E-state index >= 15 is 0 Å². The van der Waals surface area contributed by atoms with Crippen molar-refractivity contribution in [2.24, 2.45) is 0 Å². The van der Waals surface area contributed by atoms with Crippen LogP contribution in [-0.2, 0) is 24.3 Å². The number of carbonyl (C=O) groups is 2.